The lowest BCUT2D eigenvalue weighted by atomic mass is 9.95. The van der Waals surface area contributed by atoms with Crippen molar-refractivity contribution in [3.8, 4) is 0 Å². The number of amides is 3. The van der Waals surface area contributed by atoms with Crippen LogP contribution in [0.15, 0.2) is 36.4 Å². The summed E-state index contributed by atoms with van der Waals surface area (Å²) in [7, 11) is 0. The summed E-state index contributed by atoms with van der Waals surface area (Å²) < 4.78 is 0. The summed E-state index contributed by atoms with van der Waals surface area (Å²) in [5, 5.41) is 0. The van der Waals surface area contributed by atoms with Gasteiger partial charge in [0.1, 0.15) is 0 Å². The predicted molar refractivity (Wildman–Crippen MR) is 93.2 cm³/mol. The molecule has 2 unspecified atom stereocenters. The first-order valence-corrected chi connectivity index (χ1v) is 9.04. The van der Waals surface area contributed by atoms with Crippen LogP contribution in [0.5, 0.6) is 0 Å². The van der Waals surface area contributed by atoms with Crippen molar-refractivity contribution >= 4 is 23.8 Å². The molecule has 1 aromatic carbocycles. The largest absolute Gasteiger partial charge is 0.333 e. The van der Waals surface area contributed by atoms with Crippen LogP contribution in [-0.2, 0) is 14.4 Å². The lowest BCUT2D eigenvalue weighted by Crippen LogP contribution is -2.53. The van der Waals surface area contributed by atoms with Crippen LogP contribution in [0.3, 0.4) is 0 Å². The Kier molecular flexibility index (Phi) is 4.15. The van der Waals surface area contributed by atoms with E-state index in [9.17, 15) is 14.4 Å². The maximum Gasteiger partial charge on any atom is 0.247 e. The molecule has 3 fully saturated rings. The second-order valence-electron chi connectivity index (χ2n) is 7.16. The molecule has 1 aromatic rings. The highest BCUT2D eigenvalue weighted by Crippen LogP contribution is 2.39. The number of benzene rings is 1. The van der Waals surface area contributed by atoms with Crippen molar-refractivity contribution in [2.24, 2.45) is 0 Å². The van der Waals surface area contributed by atoms with Gasteiger partial charge < -0.3 is 4.90 Å². The van der Waals surface area contributed by atoms with Gasteiger partial charge in [-0.2, -0.15) is 0 Å². The van der Waals surface area contributed by atoms with Gasteiger partial charge in [0, 0.05) is 37.0 Å². The quantitative estimate of drug-likeness (QED) is 0.628. The van der Waals surface area contributed by atoms with Crippen molar-refractivity contribution in [2.45, 2.75) is 56.7 Å². The first-order valence-electron chi connectivity index (χ1n) is 9.04. The third-order valence-electron chi connectivity index (χ3n) is 5.64. The van der Waals surface area contributed by atoms with E-state index in [2.05, 4.69) is 0 Å². The van der Waals surface area contributed by atoms with E-state index >= 15 is 0 Å². The van der Waals surface area contributed by atoms with Gasteiger partial charge in [-0.3, -0.25) is 19.3 Å². The number of hydrogen-bond acceptors (Lipinski definition) is 3. The van der Waals surface area contributed by atoms with E-state index in [0.717, 1.165) is 31.2 Å². The van der Waals surface area contributed by atoms with E-state index in [4.69, 9.17) is 0 Å². The molecule has 25 heavy (non-hydrogen) atoms. The molecule has 5 nitrogen and oxygen atoms in total. The van der Waals surface area contributed by atoms with Crippen molar-refractivity contribution in [3.63, 3.8) is 0 Å². The van der Waals surface area contributed by atoms with Gasteiger partial charge in [0.25, 0.3) is 0 Å². The Morgan fingerprint density at radius 1 is 0.920 bits per heavy atom. The molecule has 3 aliphatic rings. The Hall–Kier alpha value is -2.43. The molecule has 0 aromatic heterocycles. The third kappa shape index (κ3) is 2.99. The summed E-state index contributed by atoms with van der Waals surface area (Å²) in [6.07, 6.45) is 7.54. The van der Waals surface area contributed by atoms with Crippen LogP contribution >= 0.6 is 0 Å². The van der Waals surface area contributed by atoms with Crippen LogP contribution in [0.1, 0.15) is 44.1 Å². The van der Waals surface area contributed by atoms with Crippen LogP contribution < -0.4 is 0 Å². The summed E-state index contributed by atoms with van der Waals surface area (Å²) in [6.45, 7) is 0. The molecule has 3 aliphatic heterocycles. The van der Waals surface area contributed by atoms with E-state index in [-0.39, 0.29) is 35.8 Å². The zero-order valence-electron chi connectivity index (χ0n) is 14.1. The zero-order chi connectivity index (χ0) is 17.4. The fraction of sp³-hybridized carbons (Fsp3) is 0.450. The Morgan fingerprint density at radius 2 is 1.52 bits per heavy atom. The number of carbonyl (C=O) groups excluding carboxylic acids is 3. The summed E-state index contributed by atoms with van der Waals surface area (Å²) >= 11 is 0. The molecule has 0 aliphatic carbocycles. The molecule has 2 bridgehead atoms. The highest BCUT2D eigenvalue weighted by molar-refractivity contribution is 6.02. The lowest BCUT2D eigenvalue weighted by Gasteiger charge is -2.41. The van der Waals surface area contributed by atoms with Gasteiger partial charge in [0.2, 0.25) is 17.7 Å². The molecule has 0 N–H and O–H groups in total. The van der Waals surface area contributed by atoms with E-state index in [1.165, 1.54) is 4.90 Å². The molecule has 0 radical (unpaired) electrons. The van der Waals surface area contributed by atoms with E-state index < -0.39 is 0 Å². The molecule has 0 saturated carbocycles. The minimum absolute atomic E-state index is 0.0258. The Morgan fingerprint density at radius 3 is 2.12 bits per heavy atom. The maximum absolute atomic E-state index is 12.7. The molecule has 3 heterocycles. The molecule has 5 heteroatoms. The number of rotatable bonds is 3. The molecule has 3 saturated heterocycles. The van der Waals surface area contributed by atoms with Crippen molar-refractivity contribution < 1.29 is 14.4 Å². The molecular weight excluding hydrogens is 316 g/mol. The van der Waals surface area contributed by atoms with Gasteiger partial charge >= 0.3 is 0 Å². The Labute approximate surface area is 147 Å². The Bertz CT molecular complexity index is 698. The van der Waals surface area contributed by atoms with Crippen LogP contribution in [0.25, 0.3) is 6.08 Å². The van der Waals surface area contributed by atoms with Gasteiger partial charge in [-0.05, 0) is 37.3 Å². The second kappa shape index (κ2) is 6.47. The molecular formula is C20H22N2O3. The smallest absolute Gasteiger partial charge is 0.247 e. The average Bonchev–Trinajstić information content (AvgIpc) is 3.09. The zero-order valence-corrected chi connectivity index (χ0v) is 14.1. The average molecular weight is 338 g/mol. The minimum atomic E-state index is -0.0434. The minimum Gasteiger partial charge on any atom is -0.333 e. The first-order chi connectivity index (χ1) is 12.1. The summed E-state index contributed by atoms with van der Waals surface area (Å²) in [6, 6.07) is 10.0. The van der Waals surface area contributed by atoms with Crippen LogP contribution in [0.4, 0.5) is 0 Å². The van der Waals surface area contributed by atoms with Crippen molar-refractivity contribution in [3.05, 3.63) is 42.0 Å². The number of hydrogen-bond donors (Lipinski definition) is 0. The number of imide groups is 1. The van der Waals surface area contributed by atoms with Crippen molar-refractivity contribution in [1.82, 2.24) is 9.80 Å². The third-order valence-corrected chi connectivity index (χ3v) is 5.64. The first kappa shape index (κ1) is 16.1. The van der Waals surface area contributed by atoms with Crippen LogP contribution in [0, 0.1) is 0 Å². The molecule has 0 spiro atoms. The van der Waals surface area contributed by atoms with Crippen LogP contribution in [0.2, 0.25) is 0 Å². The Balaban J connectivity index is 1.45. The van der Waals surface area contributed by atoms with Gasteiger partial charge in [0.15, 0.2) is 0 Å². The fourth-order valence-electron chi connectivity index (χ4n) is 4.54. The number of fused-ring (bicyclic) bond motifs is 2. The molecule has 4 rings (SSSR count). The lowest BCUT2D eigenvalue weighted by molar-refractivity contribution is -0.143. The highest BCUT2D eigenvalue weighted by atomic mass is 16.2. The highest BCUT2D eigenvalue weighted by Gasteiger charge is 2.47. The number of nitrogens with zero attached hydrogens (tertiary/aromatic N) is 2. The number of piperidine rings is 1. The second-order valence-corrected chi connectivity index (χ2v) is 7.16. The maximum atomic E-state index is 12.7. The van der Waals surface area contributed by atoms with E-state index in [0.29, 0.717) is 12.8 Å². The summed E-state index contributed by atoms with van der Waals surface area (Å²) in [5.41, 5.74) is 1.01. The monoisotopic (exact) mass is 338 g/mol. The fourth-order valence-corrected chi connectivity index (χ4v) is 4.54. The van der Waals surface area contributed by atoms with E-state index in [1.54, 1.807) is 6.08 Å². The van der Waals surface area contributed by atoms with Gasteiger partial charge in [-0.15, -0.1) is 0 Å². The molecule has 2 atom stereocenters. The molecule has 130 valence electrons. The SMILES string of the molecule is O=C1CCC(=O)N1C1CC2CCC(C1)N2C(=O)C=Cc1ccccc1. The van der Waals surface area contributed by atoms with E-state index in [1.807, 2.05) is 41.3 Å². The van der Waals surface area contributed by atoms with Gasteiger partial charge in [0.05, 0.1) is 0 Å². The number of likely N-dealkylation sites (tertiary alicyclic amines) is 1. The van der Waals surface area contributed by atoms with Crippen molar-refractivity contribution in [2.75, 3.05) is 0 Å². The van der Waals surface area contributed by atoms with Crippen molar-refractivity contribution in [1.29, 1.82) is 0 Å². The normalized spacial score (nSPS) is 29.0. The van der Waals surface area contributed by atoms with Crippen LogP contribution in [-0.4, -0.2) is 45.6 Å². The van der Waals surface area contributed by atoms with Gasteiger partial charge in [-0.25, -0.2) is 0 Å². The summed E-state index contributed by atoms with van der Waals surface area (Å²) in [4.78, 5) is 40.1. The topological polar surface area (TPSA) is 57.7 Å². The number of carbonyl (C=O) groups is 3. The summed E-state index contributed by atoms with van der Waals surface area (Å²) in [5.74, 6) is -0.0508. The standard InChI is InChI=1S/C20H22N2O3/c23-18(9-6-14-4-2-1-3-5-14)21-15-7-8-16(21)13-17(12-15)22-19(24)10-11-20(22)25/h1-6,9,15-17H,7-8,10-13H2. The molecule has 3 amide bonds. The van der Waals surface area contributed by atoms with Gasteiger partial charge in [-0.1, -0.05) is 30.3 Å². The predicted octanol–water partition coefficient (Wildman–Crippen LogP) is 2.37.